The van der Waals surface area contributed by atoms with E-state index in [1.807, 2.05) is 0 Å². The van der Waals surface area contributed by atoms with Crippen LogP contribution in [0.15, 0.2) is 11.6 Å². The van der Waals surface area contributed by atoms with Crippen LogP contribution >= 0.6 is 31.9 Å². The Hall–Kier alpha value is 0.170. The Morgan fingerprint density at radius 2 is 1.77 bits per heavy atom. The van der Waals surface area contributed by atoms with Gasteiger partial charge in [-0.3, -0.25) is 4.79 Å². The van der Waals surface area contributed by atoms with E-state index in [0.29, 0.717) is 38.2 Å². The second-order valence-corrected chi connectivity index (χ2v) is 15.6. The predicted octanol–water partition coefficient (Wildman–Crippen LogP) is 9.34. The van der Waals surface area contributed by atoms with Crippen LogP contribution in [-0.4, -0.2) is 21.7 Å². The van der Waals surface area contributed by atoms with Gasteiger partial charge in [-0.2, -0.15) is 0 Å². The molecule has 11 atom stereocenters. The third-order valence-electron chi connectivity index (χ3n) is 11.6. The molecule has 3 saturated carbocycles. The van der Waals surface area contributed by atoms with Gasteiger partial charge in [0.2, 0.25) is 0 Å². The smallest absolute Gasteiger partial charge is 0.302 e. The minimum Gasteiger partial charge on any atom is -0.462 e. The summed E-state index contributed by atoms with van der Waals surface area (Å²) in [4.78, 5) is 12.6. The van der Waals surface area contributed by atoms with Crippen LogP contribution < -0.4 is 0 Å². The lowest BCUT2D eigenvalue weighted by Crippen LogP contribution is -2.51. The highest BCUT2D eigenvalue weighted by molar-refractivity contribution is 9.12. The molecule has 4 aliphatic carbocycles. The Morgan fingerprint density at radius 3 is 2.40 bits per heavy atom. The average Bonchev–Trinajstić information content (AvgIpc) is 3.15. The number of carbonyl (C=O) groups is 1. The molecule has 4 rings (SSSR count). The van der Waals surface area contributed by atoms with E-state index in [0.717, 1.165) is 36.5 Å². The molecule has 0 aliphatic heterocycles. The van der Waals surface area contributed by atoms with E-state index < -0.39 is 0 Å². The number of hydrogen-bond acceptors (Lipinski definition) is 2. The lowest BCUT2D eigenvalue weighted by atomic mass is 9.47. The summed E-state index contributed by atoms with van der Waals surface area (Å²) in [6.45, 7) is 16.4. The van der Waals surface area contributed by atoms with Crippen molar-refractivity contribution in [2.45, 2.75) is 122 Å². The zero-order chi connectivity index (χ0) is 25.7. The molecule has 0 aromatic rings. The average molecular weight is 615 g/mol. The molecule has 2 nitrogen and oxygen atoms in total. The Balaban J connectivity index is 1.50. The number of alkyl halides is 2. The van der Waals surface area contributed by atoms with Crippen LogP contribution in [0.1, 0.15) is 106 Å². The Bertz CT molecular complexity index is 808. The minimum absolute atomic E-state index is 0.0970. The van der Waals surface area contributed by atoms with Crippen LogP contribution in [0.3, 0.4) is 0 Å². The molecular formula is C31H50Br2O2. The molecule has 3 fully saturated rings. The second kappa shape index (κ2) is 10.7. The number of carbonyl (C=O) groups excluding carboxylic acids is 1. The molecule has 0 saturated heterocycles. The van der Waals surface area contributed by atoms with Crippen LogP contribution in [0.2, 0.25) is 0 Å². The molecule has 0 heterocycles. The summed E-state index contributed by atoms with van der Waals surface area (Å²) in [5, 5.41) is 0. The van der Waals surface area contributed by atoms with Crippen LogP contribution in [0.4, 0.5) is 0 Å². The number of fused-ring (bicyclic) bond motifs is 5. The van der Waals surface area contributed by atoms with Crippen molar-refractivity contribution in [1.29, 1.82) is 0 Å². The molecule has 0 aromatic heterocycles. The van der Waals surface area contributed by atoms with E-state index in [1.54, 1.807) is 12.5 Å². The topological polar surface area (TPSA) is 26.3 Å². The van der Waals surface area contributed by atoms with Crippen molar-refractivity contribution < 1.29 is 9.53 Å². The summed E-state index contributed by atoms with van der Waals surface area (Å²) < 4.78 is 5.64. The van der Waals surface area contributed by atoms with Crippen molar-refractivity contribution in [3.8, 4) is 0 Å². The highest BCUT2D eigenvalue weighted by Gasteiger charge is 2.60. The predicted molar refractivity (Wildman–Crippen MR) is 154 cm³/mol. The number of allylic oxidation sites excluding steroid dienone is 1. The summed E-state index contributed by atoms with van der Waals surface area (Å²) in [7, 11) is 0. The first-order valence-corrected chi connectivity index (χ1v) is 16.4. The third kappa shape index (κ3) is 4.99. The molecule has 0 aromatic carbocycles. The molecule has 0 spiro atoms. The zero-order valence-corrected chi connectivity index (χ0v) is 26.5. The minimum atomic E-state index is -0.123. The molecular weight excluding hydrogens is 564 g/mol. The largest absolute Gasteiger partial charge is 0.462 e. The van der Waals surface area contributed by atoms with Gasteiger partial charge >= 0.3 is 5.97 Å². The van der Waals surface area contributed by atoms with Crippen molar-refractivity contribution in [2.75, 3.05) is 0 Å². The van der Waals surface area contributed by atoms with Gasteiger partial charge in [0.05, 0.1) is 0 Å². The van der Waals surface area contributed by atoms with Crippen LogP contribution in [0.25, 0.3) is 0 Å². The highest BCUT2D eigenvalue weighted by atomic mass is 79.9. The Morgan fingerprint density at radius 1 is 1.06 bits per heavy atom. The number of hydrogen-bond donors (Lipinski definition) is 0. The molecule has 4 heteroatoms. The fourth-order valence-corrected chi connectivity index (χ4v) is 11.9. The van der Waals surface area contributed by atoms with Crippen molar-refractivity contribution in [2.24, 2.45) is 52.3 Å². The molecule has 0 radical (unpaired) electrons. The summed E-state index contributed by atoms with van der Waals surface area (Å²) >= 11 is 8.38. The van der Waals surface area contributed by atoms with Gasteiger partial charge in [0.25, 0.3) is 0 Å². The maximum Gasteiger partial charge on any atom is 0.302 e. The van der Waals surface area contributed by atoms with E-state index in [9.17, 15) is 4.79 Å². The quantitative estimate of drug-likeness (QED) is 0.162. The number of ether oxygens (including phenoxy) is 1. The molecule has 35 heavy (non-hydrogen) atoms. The van der Waals surface area contributed by atoms with Crippen molar-refractivity contribution in [1.82, 2.24) is 0 Å². The summed E-state index contributed by atoms with van der Waals surface area (Å²) in [6.07, 6.45) is 13.9. The molecule has 11 unspecified atom stereocenters. The first kappa shape index (κ1) is 28.2. The van der Waals surface area contributed by atoms with Gasteiger partial charge in [0.15, 0.2) is 0 Å². The SMILES string of the molecule is CCC(C(C)C)C(Br)C(Br)C(C)C1CCC2C3CC=C4CC(OC(C)=O)CCC4(C)C3CCC12C. The van der Waals surface area contributed by atoms with E-state index in [1.165, 1.54) is 44.9 Å². The van der Waals surface area contributed by atoms with Crippen molar-refractivity contribution in [3.05, 3.63) is 11.6 Å². The van der Waals surface area contributed by atoms with Gasteiger partial charge in [-0.1, -0.05) is 91.5 Å². The van der Waals surface area contributed by atoms with Gasteiger partial charge in [0, 0.05) is 23.0 Å². The van der Waals surface area contributed by atoms with E-state index in [2.05, 4.69) is 79.5 Å². The second-order valence-electron chi connectivity index (χ2n) is 13.5. The third-order valence-corrected chi connectivity index (χ3v) is 15.0. The summed E-state index contributed by atoms with van der Waals surface area (Å²) in [5.41, 5.74) is 2.38. The number of halogens is 2. The molecule has 0 N–H and O–H groups in total. The van der Waals surface area contributed by atoms with E-state index in [4.69, 9.17) is 4.74 Å². The van der Waals surface area contributed by atoms with Crippen LogP contribution in [0, 0.1) is 52.3 Å². The van der Waals surface area contributed by atoms with Crippen LogP contribution in [0.5, 0.6) is 0 Å². The summed E-state index contributed by atoms with van der Waals surface area (Å²) in [6, 6.07) is 0. The van der Waals surface area contributed by atoms with Gasteiger partial charge in [0.1, 0.15) is 6.10 Å². The molecule has 0 bridgehead atoms. The van der Waals surface area contributed by atoms with Crippen LogP contribution in [-0.2, 0) is 9.53 Å². The Labute approximate surface area is 232 Å². The first-order chi connectivity index (χ1) is 16.4. The zero-order valence-electron chi connectivity index (χ0n) is 23.3. The van der Waals surface area contributed by atoms with Gasteiger partial charge in [-0.05, 0) is 97.2 Å². The number of esters is 1. The maximum absolute atomic E-state index is 11.6. The van der Waals surface area contributed by atoms with Crippen molar-refractivity contribution in [3.63, 3.8) is 0 Å². The van der Waals surface area contributed by atoms with E-state index >= 15 is 0 Å². The maximum atomic E-state index is 11.6. The fourth-order valence-electron chi connectivity index (χ4n) is 9.68. The van der Waals surface area contributed by atoms with Crippen molar-refractivity contribution >= 4 is 37.8 Å². The molecule has 200 valence electrons. The lowest BCUT2D eigenvalue weighted by Gasteiger charge is -2.58. The normalized spacial score (nSPS) is 42.2. The monoisotopic (exact) mass is 612 g/mol. The van der Waals surface area contributed by atoms with Gasteiger partial charge in [-0.25, -0.2) is 0 Å². The van der Waals surface area contributed by atoms with Gasteiger partial charge < -0.3 is 4.74 Å². The lowest BCUT2D eigenvalue weighted by molar-refractivity contribution is -0.148. The Kier molecular flexibility index (Phi) is 8.65. The fraction of sp³-hybridized carbons (Fsp3) is 0.903. The van der Waals surface area contributed by atoms with Gasteiger partial charge in [-0.15, -0.1) is 0 Å². The first-order valence-electron chi connectivity index (χ1n) is 14.6. The highest BCUT2D eigenvalue weighted by Crippen LogP contribution is 2.67. The molecule has 4 aliphatic rings. The molecule has 0 amide bonds. The van der Waals surface area contributed by atoms with E-state index in [-0.39, 0.29) is 12.1 Å². The standard InChI is InChI=1S/C31H50Br2O2/c1-8-23(18(2)3)29(33)28(32)19(4)25-11-12-26-24-10-9-21-17-22(35-20(5)34)13-15-30(21,6)27(24)14-16-31(25,26)7/h9,18-19,22-29H,8,10-17H2,1-7H3. The number of rotatable bonds is 7. The summed E-state index contributed by atoms with van der Waals surface area (Å²) in [5.74, 6) is 5.28.